The van der Waals surface area contributed by atoms with E-state index in [-0.39, 0.29) is 18.6 Å². The molecule has 1 N–H and O–H groups in total. The van der Waals surface area contributed by atoms with Gasteiger partial charge in [0.25, 0.3) is 6.79 Å². The third-order valence-electron chi connectivity index (χ3n) is 3.69. The lowest BCUT2D eigenvalue weighted by atomic mass is 9.98. The van der Waals surface area contributed by atoms with E-state index in [1.54, 1.807) is 0 Å². The second-order valence-electron chi connectivity index (χ2n) is 5.81. The number of rotatable bonds is 6. The third-order valence-corrected chi connectivity index (χ3v) is 4.82. The molecule has 16 heteroatoms. The summed E-state index contributed by atoms with van der Waals surface area (Å²) < 4.78 is 115. The predicted molar refractivity (Wildman–Crippen MR) is 84.4 cm³/mol. The van der Waals surface area contributed by atoms with Crippen molar-refractivity contribution in [3.63, 3.8) is 0 Å². The van der Waals surface area contributed by atoms with E-state index in [0.29, 0.717) is 6.08 Å². The van der Waals surface area contributed by atoms with Crippen LogP contribution in [0.3, 0.4) is 0 Å². The largest absolute Gasteiger partial charge is 0.475 e. The highest BCUT2D eigenvalue weighted by Gasteiger charge is 2.65. The summed E-state index contributed by atoms with van der Waals surface area (Å²) in [6.45, 7) is 0.0979. The molecule has 1 aromatic rings. The van der Waals surface area contributed by atoms with E-state index >= 15 is 0 Å². The van der Waals surface area contributed by atoms with Crippen molar-refractivity contribution in [2.75, 3.05) is 6.79 Å². The van der Waals surface area contributed by atoms with Crippen LogP contribution in [0.2, 0.25) is 0 Å². The van der Waals surface area contributed by atoms with Gasteiger partial charge in [0.05, 0.1) is 16.1 Å². The molecule has 1 aliphatic rings. The van der Waals surface area contributed by atoms with Gasteiger partial charge < -0.3 is 19.5 Å². The number of hydrogen-bond acceptors (Lipinski definition) is 6. The number of hydrogen-bond donors (Lipinski definition) is 1. The minimum Gasteiger partial charge on any atom is -0.475 e. The maximum Gasteiger partial charge on any atom is 0.430 e. The van der Waals surface area contributed by atoms with Crippen molar-refractivity contribution in [2.24, 2.45) is 10.6 Å². The highest BCUT2D eigenvalue weighted by Crippen LogP contribution is 3.02. The fourth-order valence-corrected chi connectivity index (χ4v) is 3.18. The van der Waals surface area contributed by atoms with E-state index in [4.69, 9.17) is 9.94 Å². The Bertz CT molecular complexity index is 914. The summed E-state index contributed by atoms with van der Waals surface area (Å²) in [6.07, 6.45) is -8.22. The van der Waals surface area contributed by atoms with Crippen LogP contribution < -0.4 is 4.74 Å². The highest BCUT2D eigenvalue weighted by molar-refractivity contribution is 8.45. The lowest BCUT2D eigenvalue weighted by Gasteiger charge is -2.41. The number of ether oxygens (including phenoxy) is 2. The SMILES string of the molecule is CCc1cc(S(F)(F)(F)(F)F)cc2c1O[C@H](C(F)(F)F)C(C(=O)OCO/N=N\O)=C2. The summed E-state index contributed by atoms with van der Waals surface area (Å²) in [6, 6.07) is -0.0922. The normalized spacial score (nSPS) is 19.2. The predicted octanol–water partition coefficient (Wildman–Crippen LogP) is 5.89. The Morgan fingerprint density at radius 2 is 1.87 bits per heavy atom. The third kappa shape index (κ3) is 5.22. The van der Waals surface area contributed by atoms with Crippen LogP contribution in [0.5, 0.6) is 5.75 Å². The molecular formula is C14H12F8N2O5S. The van der Waals surface area contributed by atoms with Gasteiger partial charge in [-0.1, -0.05) is 26.4 Å². The number of benzene rings is 1. The Morgan fingerprint density at radius 3 is 2.37 bits per heavy atom. The van der Waals surface area contributed by atoms with Gasteiger partial charge in [0.15, 0.2) is 0 Å². The molecule has 0 amide bonds. The van der Waals surface area contributed by atoms with Crippen molar-refractivity contribution in [3.05, 3.63) is 28.8 Å². The molecule has 0 saturated heterocycles. The molecule has 0 aliphatic carbocycles. The minimum atomic E-state index is -10.2. The summed E-state index contributed by atoms with van der Waals surface area (Å²) in [5.41, 5.74) is -2.71. The zero-order valence-electron chi connectivity index (χ0n) is 14.6. The molecule has 0 fully saturated rings. The van der Waals surface area contributed by atoms with E-state index in [9.17, 15) is 37.4 Å². The van der Waals surface area contributed by atoms with Crippen LogP contribution >= 0.6 is 10.2 Å². The molecular weight excluding hydrogens is 460 g/mol. The number of aryl methyl sites for hydroxylation is 1. The summed E-state index contributed by atoms with van der Waals surface area (Å²) in [4.78, 5) is 13.6. The number of alkyl halides is 3. The maximum absolute atomic E-state index is 13.3. The van der Waals surface area contributed by atoms with Crippen LogP contribution in [0.25, 0.3) is 6.08 Å². The van der Waals surface area contributed by atoms with Crippen molar-refractivity contribution in [1.82, 2.24) is 0 Å². The summed E-state index contributed by atoms with van der Waals surface area (Å²) in [5.74, 6) is -2.47. The lowest BCUT2D eigenvalue weighted by molar-refractivity contribution is -0.190. The molecule has 170 valence electrons. The number of halogens is 8. The van der Waals surface area contributed by atoms with Crippen LogP contribution in [0.4, 0.5) is 32.6 Å². The molecule has 0 aromatic heterocycles. The molecule has 2 rings (SSSR count). The van der Waals surface area contributed by atoms with Crippen molar-refractivity contribution >= 4 is 22.3 Å². The molecule has 1 aromatic carbocycles. The molecule has 7 nitrogen and oxygen atoms in total. The molecule has 0 radical (unpaired) electrons. The first-order valence-electron chi connectivity index (χ1n) is 7.67. The Kier molecular flexibility index (Phi) is 5.39. The Morgan fingerprint density at radius 1 is 1.23 bits per heavy atom. The molecule has 0 unspecified atom stereocenters. The number of fused-ring (bicyclic) bond motifs is 1. The molecule has 0 saturated carbocycles. The highest BCUT2D eigenvalue weighted by atomic mass is 32.5. The quantitative estimate of drug-likeness (QED) is 0.139. The van der Waals surface area contributed by atoms with Crippen molar-refractivity contribution in [3.8, 4) is 5.75 Å². The van der Waals surface area contributed by atoms with Gasteiger partial charge in [0.1, 0.15) is 10.6 Å². The Hall–Kier alpha value is -2.78. The van der Waals surface area contributed by atoms with E-state index in [1.807, 2.05) is 0 Å². The average molecular weight is 472 g/mol. The second-order valence-corrected chi connectivity index (χ2v) is 8.22. The van der Waals surface area contributed by atoms with Crippen LogP contribution in [0, 0.1) is 0 Å². The molecule has 1 atom stereocenters. The number of nitrogens with zero attached hydrogens (tertiary/aromatic N) is 2. The summed E-state index contributed by atoms with van der Waals surface area (Å²) in [7, 11) is -10.2. The number of carbonyl (C=O) groups is 1. The lowest BCUT2D eigenvalue weighted by Crippen LogP contribution is -2.41. The number of esters is 1. The van der Waals surface area contributed by atoms with Crippen molar-refractivity contribution < 1.29 is 56.9 Å². The van der Waals surface area contributed by atoms with Crippen LogP contribution in [-0.4, -0.2) is 30.2 Å². The molecule has 1 aliphatic heterocycles. The summed E-state index contributed by atoms with van der Waals surface area (Å²) in [5, 5.41) is 12.6. The monoisotopic (exact) mass is 472 g/mol. The van der Waals surface area contributed by atoms with Gasteiger partial charge >= 0.3 is 22.4 Å². The molecule has 30 heavy (non-hydrogen) atoms. The first-order valence-corrected chi connectivity index (χ1v) is 9.62. The number of carbonyl (C=O) groups excluding carboxylic acids is 1. The van der Waals surface area contributed by atoms with Crippen LogP contribution in [0.1, 0.15) is 18.1 Å². The maximum atomic E-state index is 13.3. The van der Waals surface area contributed by atoms with Gasteiger partial charge in [-0.3, -0.25) is 0 Å². The van der Waals surface area contributed by atoms with Crippen LogP contribution in [0.15, 0.2) is 33.2 Å². The Balaban J connectivity index is 2.61. The van der Waals surface area contributed by atoms with Gasteiger partial charge in [-0.2, -0.15) is 13.2 Å². The van der Waals surface area contributed by atoms with Gasteiger partial charge in [-0.25, -0.2) is 4.79 Å². The van der Waals surface area contributed by atoms with E-state index in [1.165, 1.54) is 6.92 Å². The summed E-state index contributed by atoms with van der Waals surface area (Å²) >= 11 is 0. The van der Waals surface area contributed by atoms with E-state index in [2.05, 4.69) is 20.1 Å². The first kappa shape index (κ1) is 23.5. The van der Waals surface area contributed by atoms with Gasteiger partial charge in [-0.05, 0) is 30.2 Å². The fraction of sp³-hybridized carbons (Fsp3) is 0.357. The average Bonchev–Trinajstić information content (AvgIpc) is 2.60. The Labute approximate surface area is 162 Å². The molecule has 0 spiro atoms. The van der Waals surface area contributed by atoms with E-state index in [0.717, 1.165) is 0 Å². The topological polar surface area (TPSA) is 89.7 Å². The smallest absolute Gasteiger partial charge is 0.430 e. The van der Waals surface area contributed by atoms with Crippen molar-refractivity contribution in [2.45, 2.75) is 30.5 Å². The zero-order valence-corrected chi connectivity index (χ0v) is 15.4. The van der Waals surface area contributed by atoms with Gasteiger partial charge in [0.2, 0.25) is 6.10 Å². The van der Waals surface area contributed by atoms with Gasteiger partial charge in [0, 0.05) is 5.56 Å². The van der Waals surface area contributed by atoms with Crippen molar-refractivity contribution in [1.29, 1.82) is 0 Å². The van der Waals surface area contributed by atoms with E-state index < -0.39 is 62.6 Å². The first-order chi connectivity index (χ1) is 13.5. The fourth-order valence-electron chi connectivity index (χ4n) is 2.47. The minimum absolute atomic E-state index is 0.0126. The second kappa shape index (κ2) is 6.88. The standard InChI is InChI=1S/C14H12F8N2O5S/c1-2-7-3-9(30(18,19,20,21)22)4-8-5-10(13(25)27-6-28-24-23-26)12(14(15,16)17)29-11(7)8/h3-5,12H,2,6H2,1H3,(H,24,26)/t12-/m0/s1. The molecule has 1 heterocycles. The zero-order chi connectivity index (χ0) is 23.0. The van der Waals surface area contributed by atoms with Crippen LogP contribution in [-0.2, 0) is 20.8 Å². The van der Waals surface area contributed by atoms with Gasteiger partial charge in [-0.15, -0.1) is 0 Å². The molecule has 0 bridgehead atoms.